The molecular formula is C26H30FN5. The van der Waals surface area contributed by atoms with Crippen LogP contribution in [0.25, 0.3) is 28.0 Å². The Balaban J connectivity index is 1.88. The number of aromatic nitrogens is 4. The standard InChI is InChI=1S/C26H30FN5/c1-5-16-9-8-10-17(6-2)25(16)32-26(20-14-31(4)12-11-22(20)30-32)19-13-21(27)18(7-3)23-24(19)29-15-28-23/h8-10,13,15H,5-7,11-12,14H2,1-4H3,(H,28,29). The first-order valence-electron chi connectivity index (χ1n) is 11.6. The van der Waals surface area contributed by atoms with Crippen LogP contribution < -0.4 is 0 Å². The van der Waals surface area contributed by atoms with Gasteiger partial charge in [-0.1, -0.05) is 39.0 Å². The highest BCUT2D eigenvalue weighted by Gasteiger charge is 2.28. The van der Waals surface area contributed by atoms with Crippen LogP contribution in [0, 0.1) is 5.82 Å². The minimum absolute atomic E-state index is 0.202. The molecular weight excluding hydrogens is 401 g/mol. The number of imidazole rings is 1. The average molecular weight is 432 g/mol. The SMILES string of the molecule is CCc1cccc(CC)c1-n1nc2c(c1-c1cc(F)c(CC)c3nc[nH]c13)CN(C)CC2. The van der Waals surface area contributed by atoms with Gasteiger partial charge < -0.3 is 9.88 Å². The van der Waals surface area contributed by atoms with Gasteiger partial charge in [0.05, 0.1) is 34.4 Å². The lowest BCUT2D eigenvalue weighted by Crippen LogP contribution is -2.26. The van der Waals surface area contributed by atoms with Gasteiger partial charge in [0.25, 0.3) is 0 Å². The van der Waals surface area contributed by atoms with E-state index < -0.39 is 0 Å². The number of hydrogen-bond acceptors (Lipinski definition) is 3. The zero-order chi connectivity index (χ0) is 22.4. The predicted molar refractivity (Wildman–Crippen MR) is 127 cm³/mol. The number of fused-ring (bicyclic) bond motifs is 2. The molecule has 5 nitrogen and oxygen atoms in total. The number of para-hydroxylation sites is 1. The molecule has 0 aliphatic carbocycles. The summed E-state index contributed by atoms with van der Waals surface area (Å²) in [5, 5.41) is 5.15. The number of nitrogens with one attached hydrogen (secondary N) is 1. The molecule has 5 rings (SSSR count). The molecule has 0 radical (unpaired) electrons. The monoisotopic (exact) mass is 431 g/mol. The fraction of sp³-hybridized carbons (Fsp3) is 0.385. The smallest absolute Gasteiger partial charge is 0.129 e. The maximum atomic E-state index is 15.3. The molecule has 2 aromatic carbocycles. The van der Waals surface area contributed by atoms with Crippen LogP contribution in [0.3, 0.4) is 0 Å². The first-order chi connectivity index (χ1) is 15.6. The van der Waals surface area contributed by atoms with Crippen molar-refractivity contribution >= 4 is 11.0 Å². The zero-order valence-electron chi connectivity index (χ0n) is 19.3. The summed E-state index contributed by atoms with van der Waals surface area (Å²) < 4.78 is 17.4. The summed E-state index contributed by atoms with van der Waals surface area (Å²) in [7, 11) is 2.13. The second-order valence-electron chi connectivity index (χ2n) is 8.67. The van der Waals surface area contributed by atoms with Crippen LogP contribution in [0.4, 0.5) is 4.39 Å². The fourth-order valence-corrected chi connectivity index (χ4v) is 5.08. The third-order valence-electron chi connectivity index (χ3n) is 6.76. The Kier molecular flexibility index (Phi) is 5.33. The Labute approximate surface area is 188 Å². The maximum absolute atomic E-state index is 15.3. The summed E-state index contributed by atoms with van der Waals surface area (Å²) in [6, 6.07) is 8.16. The lowest BCUT2D eigenvalue weighted by Gasteiger charge is -2.22. The van der Waals surface area contributed by atoms with Crippen LogP contribution in [-0.2, 0) is 32.2 Å². The molecule has 0 amide bonds. The van der Waals surface area contributed by atoms with Crippen molar-refractivity contribution in [2.24, 2.45) is 0 Å². The third kappa shape index (κ3) is 3.16. The van der Waals surface area contributed by atoms with Crippen molar-refractivity contribution in [1.82, 2.24) is 24.6 Å². The van der Waals surface area contributed by atoms with Crippen molar-refractivity contribution in [3.8, 4) is 16.9 Å². The molecule has 6 heteroatoms. The van der Waals surface area contributed by atoms with E-state index >= 15 is 4.39 Å². The van der Waals surface area contributed by atoms with Crippen molar-refractivity contribution in [3.05, 3.63) is 64.4 Å². The lowest BCUT2D eigenvalue weighted by atomic mass is 9.97. The number of nitrogens with zero attached hydrogens (tertiary/aromatic N) is 4. The molecule has 4 aromatic rings. The molecule has 0 saturated carbocycles. The summed E-state index contributed by atoms with van der Waals surface area (Å²) in [6.45, 7) is 8.10. The number of rotatable bonds is 5. The molecule has 0 spiro atoms. The quantitative estimate of drug-likeness (QED) is 0.471. The van der Waals surface area contributed by atoms with E-state index in [2.05, 4.69) is 58.6 Å². The van der Waals surface area contributed by atoms with Gasteiger partial charge in [-0.25, -0.2) is 14.1 Å². The molecule has 1 aliphatic heterocycles. The molecule has 0 unspecified atom stereocenters. The van der Waals surface area contributed by atoms with Gasteiger partial charge in [-0.2, -0.15) is 5.10 Å². The summed E-state index contributed by atoms with van der Waals surface area (Å²) in [5.41, 5.74) is 10.0. The molecule has 0 atom stereocenters. The number of aryl methyl sites for hydroxylation is 3. The molecule has 1 N–H and O–H groups in total. The van der Waals surface area contributed by atoms with Crippen LogP contribution in [0.1, 0.15) is 48.7 Å². The summed E-state index contributed by atoms with van der Waals surface area (Å²) >= 11 is 0. The summed E-state index contributed by atoms with van der Waals surface area (Å²) in [4.78, 5) is 10.1. The van der Waals surface area contributed by atoms with Gasteiger partial charge in [-0.3, -0.25) is 0 Å². The number of aromatic amines is 1. The van der Waals surface area contributed by atoms with Crippen molar-refractivity contribution in [2.75, 3.05) is 13.6 Å². The normalized spacial score (nSPS) is 14.3. The van der Waals surface area contributed by atoms with Gasteiger partial charge in [-0.05, 0) is 43.5 Å². The number of halogens is 1. The van der Waals surface area contributed by atoms with Crippen molar-refractivity contribution < 1.29 is 4.39 Å². The Hall–Kier alpha value is -2.99. The van der Waals surface area contributed by atoms with E-state index in [0.717, 1.165) is 60.5 Å². The van der Waals surface area contributed by atoms with E-state index in [4.69, 9.17) is 5.10 Å². The van der Waals surface area contributed by atoms with Gasteiger partial charge in [0.2, 0.25) is 0 Å². The Morgan fingerprint density at radius 2 is 1.84 bits per heavy atom. The third-order valence-corrected chi connectivity index (χ3v) is 6.76. The van der Waals surface area contributed by atoms with Gasteiger partial charge in [0.1, 0.15) is 5.82 Å². The van der Waals surface area contributed by atoms with E-state index in [1.165, 1.54) is 16.7 Å². The number of likely N-dealkylation sites (N-methyl/N-ethyl adjacent to an activating group) is 1. The van der Waals surface area contributed by atoms with Crippen molar-refractivity contribution in [3.63, 3.8) is 0 Å². The average Bonchev–Trinajstić information content (AvgIpc) is 3.42. The van der Waals surface area contributed by atoms with Crippen molar-refractivity contribution in [2.45, 2.75) is 53.0 Å². The minimum Gasteiger partial charge on any atom is -0.344 e. The number of benzene rings is 2. The largest absolute Gasteiger partial charge is 0.344 e. The highest BCUT2D eigenvalue weighted by Crippen LogP contribution is 2.38. The van der Waals surface area contributed by atoms with Crippen LogP contribution >= 0.6 is 0 Å². The predicted octanol–water partition coefficient (Wildman–Crippen LogP) is 5.23. The Morgan fingerprint density at radius 3 is 2.53 bits per heavy atom. The highest BCUT2D eigenvalue weighted by atomic mass is 19.1. The van der Waals surface area contributed by atoms with E-state index in [1.807, 2.05) is 6.92 Å². The first kappa shape index (κ1) is 20.9. The summed E-state index contributed by atoms with van der Waals surface area (Å²) in [5.74, 6) is -0.202. The molecule has 1 aliphatic rings. The molecule has 0 bridgehead atoms. The molecule has 32 heavy (non-hydrogen) atoms. The van der Waals surface area contributed by atoms with Crippen LogP contribution in [0.5, 0.6) is 0 Å². The molecule has 0 saturated heterocycles. The van der Waals surface area contributed by atoms with Crippen LogP contribution in [0.2, 0.25) is 0 Å². The van der Waals surface area contributed by atoms with E-state index in [1.54, 1.807) is 12.4 Å². The topological polar surface area (TPSA) is 49.7 Å². The summed E-state index contributed by atoms with van der Waals surface area (Å²) in [6.07, 6.45) is 4.99. The highest BCUT2D eigenvalue weighted by molar-refractivity contribution is 5.94. The lowest BCUT2D eigenvalue weighted by molar-refractivity contribution is 0.312. The second-order valence-corrected chi connectivity index (χ2v) is 8.67. The van der Waals surface area contributed by atoms with E-state index in [0.29, 0.717) is 17.5 Å². The maximum Gasteiger partial charge on any atom is 0.129 e. The second kappa shape index (κ2) is 8.17. The van der Waals surface area contributed by atoms with E-state index in [-0.39, 0.29) is 5.82 Å². The molecule has 3 heterocycles. The molecule has 166 valence electrons. The zero-order valence-corrected chi connectivity index (χ0v) is 19.3. The van der Waals surface area contributed by atoms with Gasteiger partial charge in [0, 0.05) is 36.2 Å². The number of hydrogen-bond donors (Lipinski definition) is 1. The van der Waals surface area contributed by atoms with E-state index in [9.17, 15) is 0 Å². The van der Waals surface area contributed by atoms with Crippen molar-refractivity contribution in [1.29, 1.82) is 0 Å². The van der Waals surface area contributed by atoms with Gasteiger partial charge in [-0.15, -0.1) is 0 Å². The van der Waals surface area contributed by atoms with Crippen LogP contribution in [-0.4, -0.2) is 38.2 Å². The number of H-pyrrole nitrogens is 1. The minimum atomic E-state index is -0.202. The fourth-order valence-electron chi connectivity index (χ4n) is 5.08. The first-order valence-corrected chi connectivity index (χ1v) is 11.6. The molecule has 2 aromatic heterocycles. The Bertz CT molecular complexity index is 1280. The molecule has 0 fully saturated rings. The van der Waals surface area contributed by atoms with Crippen LogP contribution in [0.15, 0.2) is 30.6 Å². The van der Waals surface area contributed by atoms with Gasteiger partial charge >= 0.3 is 0 Å². The van der Waals surface area contributed by atoms with Gasteiger partial charge in [0.15, 0.2) is 0 Å². The Morgan fingerprint density at radius 1 is 1.09 bits per heavy atom.